The fraction of sp³-hybridized carbons (Fsp3) is 0.136. The number of rotatable bonds is 4. The Morgan fingerprint density at radius 3 is 2.59 bits per heavy atom. The van der Waals surface area contributed by atoms with Gasteiger partial charge in [0, 0.05) is 23.9 Å². The molecule has 1 aliphatic rings. The monoisotopic (exact) mass is 421 g/mol. The minimum atomic E-state index is -1.64. The van der Waals surface area contributed by atoms with Crippen LogP contribution in [0.15, 0.2) is 42.7 Å². The second-order valence-electron chi connectivity index (χ2n) is 6.86. The van der Waals surface area contributed by atoms with E-state index < -0.39 is 23.3 Å². The van der Waals surface area contributed by atoms with Gasteiger partial charge in [0.1, 0.15) is 11.9 Å². The smallest absolute Gasteiger partial charge is 0.545 e. The van der Waals surface area contributed by atoms with Crippen molar-refractivity contribution in [2.24, 2.45) is 5.92 Å². The van der Waals surface area contributed by atoms with E-state index in [1.54, 1.807) is 23.0 Å². The molecule has 32 heavy (non-hydrogen) atoms. The van der Waals surface area contributed by atoms with Crippen molar-refractivity contribution in [1.29, 1.82) is 5.26 Å². The molecule has 0 unspecified atom stereocenters. The Labute approximate surface area is 194 Å². The first-order valence-electron chi connectivity index (χ1n) is 9.24. The molecule has 4 rings (SSSR count). The molecule has 1 saturated carbocycles. The largest absolute Gasteiger partial charge is 1.00 e. The van der Waals surface area contributed by atoms with Crippen LogP contribution in [-0.4, -0.2) is 26.6 Å². The number of anilines is 1. The summed E-state index contributed by atoms with van der Waals surface area (Å²) in [6, 6.07) is 8.43. The third-order valence-corrected chi connectivity index (χ3v) is 4.53. The summed E-state index contributed by atoms with van der Waals surface area (Å²) in [6.07, 6.45) is 5.07. The van der Waals surface area contributed by atoms with Gasteiger partial charge in [0.25, 0.3) is 5.91 Å². The molecule has 10 heteroatoms. The van der Waals surface area contributed by atoms with Crippen LogP contribution < -0.4 is 29.3 Å². The number of halogens is 1. The normalized spacial score (nSPS) is 12.0. The number of nitrogens with one attached hydrogen (secondary N) is 1. The van der Waals surface area contributed by atoms with Gasteiger partial charge in [-0.3, -0.25) is 4.79 Å². The minimum absolute atomic E-state index is 0. The van der Waals surface area contributed by atoms with Gasteiger partial charge in [0.05, 0.1) is 22.8 Å². The van der Waals surface area contributed by atoms with E-state index in [1.807, 2.05) is 6.07 Å². The molecule has 0 spiro atoms. The molecule has 0 aliphatic heterocycles. The molecule has 0 saturated heterocycles. The number of nitriles is 1. The number of amides is 1. The predicted octanol–water partition coefficient (Wildman–Crippen LogP) is -1.34. The molecule has 152 valence electrons. The van der Waals surface area contributed by atoms with Crippen LogP contribution in [0.3, 0.4) is 0 Å². The van der Waals surface area contributed by atoms with E-state index >= 15 is 0 Å². The first kappa shape index (κ1) is 22.8. The van der Waals surface area contributed by atoms with Crippen molar-refractivity contribution < 1.29 is 37.9 Å². The molecular weight excluding hydrogens is 408 g/mol. The summed E-state index contributed by atoms with van der Waals surface area (Å²) in [7, 11) is 0. The summed E-state index contributed by atoms with van der Waals surface area (Å²) in [5.41, 5.74) is -0.328. The Bertz CT molecular complexity index is 1300. The second-order valence-corrected chi connectivity index (χ2v) is 6.86. The average Bonchev–Trinajstić information content (AvgIpc) is 3.47. The van der Waals surface area contributed by atoms with Crippen molar-refractivity contribution in [3.05, 3.63) is 70.9 Å². The molecule has 1 aromatic carbocycles. The van der Waals surface area contributed by atoms with Crippen molar-refractivity contribution in [2.75, 3.05) is 5.32 Å². The van der Waals surface area contributed by atoms with Crippen molar-refractivity contribution >= 4 is 17.6 Å². The zero-order valence-corrected chi connectivity index (χ0v) is 16.9. The molecule has 1 amide bonds. The van der Waals surface area contributed by atoms with Crippen LogP contribution in [-0.2, 0) is 0 Å². The maximum Gasteiger partial charge on any atom is 1.00 e. The maximum absolute atomic E-state index is 14.2. The molecule has 0 bridgehead atoms. The molecule has 8 nitrogen and oxygen atoms in total. The quantitative estimate of drug-likeness (QED) is 0.411. The van der Waals surface area contributed by atoms with Gasteiger partial charge >= 0.3 is 18.9 Å². The van der Waals surface area contributed by atoms with Gasteiger partial charge in [-0.25, -0.2) is 4.39 Å². The Kier molecular flexibility index (Phi) is 6.75. The molecule has 0 radical (unpaired) electrons. The second kappa shape index (κ2) is 9.49. The summed E-state index contributed by atoms with van der Waals surface area (Å²) < 4.78 is 15.8. The summed E-state index contributed by atoms with van der Waals surface area (Å²) in [5.74, 6) is 2.99. The maximum atomic E-state index is 14.2. The van der Waals surface area contributed by atoms with E-state index in [0.717, 1.165) is 18.9 Å². The molecule has 1 aliphatic carbocycles. The number of nitrogens with zero attached hydrogens (tertiary/aromatic N) is 4. The van der Waals surface area contributed by atoms with Crippen molar-refractivity contribution in [1.82, 2.24) is 14.8 Å². The Hall–Kier alpha value is -3.90. The Morgan fingerprint density at radius 1 is 1.22 bits per heavy atom. The third kappa shape index (κ3) is 5.04. The van der Waals surface area contributed by atoms with Crippen molar-refractivity contribution in [2.45, 2.75) is 12.8 Å². The Morgan fingerprint density at radius 2 is 2.00 bits per heavy atom. The summed E-state index contributed by atoms with van der Waals surface area (Å²) in [4.78, 5) is 23.9. The summed E-state index contributed by atoms with van der Waals surface area (Å²) in [6.45, 7) is 0. The van der Waals surface area contributed by atoms with E-state index in [-0.39, 0.29) is 41.7 Å². The van der Waals surface area contributed by atoms with E-state index in [1.165, 1.54) is 18.2 Å². The number of carbonyl (C=O) groups excluding carboxylic acids is 2. The van der Waals surface area contributed by atoms with Crippen LogP contribution in [0.25, 0.3) is 5.82 Å². The number of carbonyl (C=O) groups is 2. The Balaban J connectivity index is 0.00000289. The van der Waals surface area contributed by atoms with E-state index in [2.05, 4.69) is 27.4 Å². The van der Waals surface area contributed by atoms with Crippen molar-refractivity contribution in [3.63, 3.8) is 0 Å². The van der Waals surface area contributed by atoms with Crippen LogP contribution in [0.2, 0.25) is 0 Å². The molecule has 1 N–H and O–H groups in total. The standard InChI is InChI=1S/C22H14FN5O3.Li/c23-17-10-16(22(30)31)19(9-15(17)4-3-13-1-2-13)25-21(29)18-5-6-20(27-26-18)28-8-7-14(11-24)12-28;/h5-10,12-13H,1-2H2,(H,25,29)(H,30,31);/q;+1/p-1. The van der Waals surface area contributed by atoms with Gasteiger partial charge in [0.2, 0.25) is 0 Å². The van der Waals surface area contributed by atoms with Crippen molar-refractivity contribution in [3.8, 4) is 23.7 Å². The minimum Gasteiger partial charge on any atom is -0.545 e. The van der Waals surface area contributed by atoms with Crippen LogP contribution >= 0.6 is 0 Å². The molecule has 0 atom stereocenters. The van der Waals surface area contributed by atoms with Crippen LogP contribution in [0.4, 0.5) is 10.1 Å². The molecular formula is C22H13FLiN5O3. The molecule has 3 aromatic rings. The first-order valence-corrected chi connectivity index (χ1v) is 9.24. The number of aromatic carboxylic acids is 1. The predicted molar refractivity (Wildman–Crippen MR) is 104 cm³/mol. The molecule has 2 heterocycles. The number of benzene rings is 1. The summed E-state index contributed by atoms with van der Waals surface area (Å²) in [5, 5.41) is 30.5. The number of carboxylic acids is 1. The fourth-order valence-electron chi connectivity index (χ4n) is 2.72. The van der Waals surface area contributed by atoms with Gasteiger partial charge in [0.15, 0.2) is 11.5 Å². The average molecular weight is 421 g/mol. The molecule has 2 aromatic heterocycles. The van der Waals surface area contributed by atoms with Gasteiger partial charge in [-0.2, -0.15) is 5.26 Å². The number of carboxylic acid groups (broad SMARTS) is 1. The number of hydrogen-bond donors (Lipinski definition) is 1. The van der Waals surface area contributed by atoms with Gasteiger partial charge < -0.3 is 19.8 Å². The number of aromatic nitrogens is 3. The fourth-order valence-corrected chi connectivity index (χ4v) is 2.72. The third-order valence-electron chi connectivity index (χ3n) is 4.53. The topological polar surface area (TPSA) is 124 Å². The van der Waals surface area contributed by atoms with Gasteiger partial charge in [-0.15, -0.1) is 10.2 Å². The van der Waals surface area contributed by atoms with Gasteiger partial charge in [-0.05, 0) is 43.2 Å². The summed E-state index contributed by atoms with van der Waals surface area (Å²) >= 11 is 0. The van der Waals surface area contributed by atoms with Crippen LogP contribution in [0, 0.1) is 34.9 Å². The van der Waals surface area contributed by atoms with Gasteiger partial charge in [-0.1, -0.05) is 11.8 Å². The zero-order valence-electron chi connectivity index (χ0n) is 16.9. The van der Waals surface area contributed by atoms with E-state index in [0.29, 0.717) is 11.4 Å². The van der Waals surface area contributed by atoms with Crippen LogP contribution in [0.5, 0.6) is 0 Å². The number of hydrogen-bond acceptors (Lipinski definition) is 6. The molecule has 1 fully saturated rings. The van der Waals surface area contributed by atoms with E-state index in [4.69, 9.17) is 5.26 Å². The first-order chi connectivity index (χ1) is 14.9. The van der Waals surface area contributed by atoms with Crippen LogP contribution in [0.1, 0.15) is 44.8 Å². The van der Waals surface area contributed by atoms with E-state index in [9.17, 15) is 19.1 Å². The zero-order chi connectivity index (χ0) is 22.0. The SMILES string of the molecule is N#Cc1ccn(-c2ccc(C(=O)Nc3cc(C#CC4CC4)c(F)cc3C(=O)[O-])nn2)c1.[Li+].